The van der Waals surface area contributed by atoms with Crippen molar-refractivity contribution >= 4 is 27.5 Å². The monoisotopic (exact) mass is 605 g/mol. The number of para-hydroxylation sites is 1. The molecule has 0 aromatic heterocycles. The van der Waals surface area contributed by atoms with Crippen LogP contribution in [0.25, 0.3) is 0 Å². The van der Waals surface area contributed by atoms with Crippen molar-refractivity contribution in [2.45, 2.75) is 43.8 Å². The number of nitrogens with zero attached hydrogens (tertiary/aromatic N) is 2. The Kier molecular flexibility index (Phi) is 10.3. The number of hydrogen-bond donors (Lipinski definition) is 1. The third-order valence-electron chi connectivity index (χ3n) is 6.73. The zero-order chi connectivity index (χ0) is 31.0. The van der Waals surface area contributed by atoms with Gasteiger partial charge in [0.2, 0.25) is 11.8 Å². The van der Waals surface area contributed by atoms with E-state index < -0.39 is 46.1 Å². The van der Waals surface area contributed by atoms with E-state index in [0.717, 1.165) is 34.1 Å². The summed E-state index contributed by atoms with van der Waals surface area (Å²) in [6, 6.07) is 25.9. The molecule has 0 fully saturated rings. The highest BCUT2D eigenvalue weighted by Crippen LogP contribution is 2.25. The molecule has 10 heteroatoms. The Labute approximate surface area is 250 Å². The number of anilines is 1. The molecule has 1 atom stereocenters. The highest BCUT2D eigenvalue weighted by Gasteiger charge is 2.35. The topological polar surface area (TPSA) is 86.8 Å². The average Bonchev–Trinajstić information content (AvgIpc) is 2.99. The van der Waals surface area contributed by atoms with Gasteiger partial charge in [-0.1, -0.05) is 66.7 Å². The molecule has 0 heterocycles. The zero-order valence-corrected chi connectivity index (χ0v) is 24.7. The lowest BCUT2D eigenvalue weighted by molar-refractivity contribution is -0.140. The molecular formula is C33H33F2N3O4S. The van der Waals surface area contributed by atoms with Crippen LogP contribution >= 0.6 is 0 Å². The molecule has 4 aromatic carbocycles. The molecule has 4 rings (SSSR count). The summed E-state index contributed by atoms with van der Waals surface area (Å²) in [5.74, 6) is -2.37. The van der Waals surface area contributed by atoms with E-state index in [0.29, 0.717) is 0 Å². The number of carbonyl (C=O) groups is 2. The van der Waals surface area contributed by atoms with Gasteiger partial charge in [0.05, 0.1) is 10.6 Å². The minimum Gasteiger partial charge on any atom is -0.352 e. The molecule has 0 saturated carbocycles. The number of halogens is 2. The molecule has 4 aromatic rings. The SMILES string of the molecule is CC(C)NC(=O)C(Cc1ccccc1)N(Cc1ccccc1F)C(=O)CN(c1ccccc1)S(=O)(=O)c1ccc(F)cc1. The van der Waals surface area contributed by atoms with Crippen LogP contribution in [0, 0.1) is 11.6 Å². The van der Waals surface area contributed by atoms with Gasteiger partial charge in [-0.2, -0.15) is 0 Å². The van der Waals surface area contributed by atoms with E-state index in [4.69, 9.17) is 0 Å². The second-order valence-corrected chi connectivity index (χ2v) is 12.1. The Morgan fingerprint density at radius 2 is 1.37 bits per heavy atom. The highest BCUT2D eigenvalue weighted by molar-refractivity contribution is 7.92. The van der Waals surface area contributed by atoms with Crippen LogP contribution in [-0.4, -0.2) is 43.8 Å². The minimum atomic E-state index is -4.36. The van der Waals surface area contributed by atoms with Crippen LogP contribution < -0.4 is 9.62 Å². The van der Waals surface area contributed by atoms with Gasteiger partial charge in [0.25, 0.3) is 10.0 Å². The summed E-state index contributed by atoms with van der Waals surface area (Å²) < 4.78 is 57.2. The zero-order valence-electron chi connectivity index (χ0n) is 23.9. The van der Waals surface area contributed by atoms with Crippen molar-refractivity contribution in [2.75, 3.05) is 10.8 Å². The normalized spacial score (nSPS) is 12.0. The minimum absolute atomic E-state index is 0.107. The van der Waals surface area contributed by atoms with E-state index in [2.05, 4.69) is 5.32 Å². The Morgan fingerprint density at radius 1 is 0.791 bits per heavy atom. The molecule has 0 radical (unpaired) electrons. The number of benzene rings is 4. The number of nitrogens with one attached hydrogen (secondary N) is 1. The molecule has 0 aliphatic heterocycles. The van der Waals surface area contributed by atoms with Gasteiger partial charge in [-0.3, -0.25) is 13.9 Å². The summed E-state index contributed by atoms with van der Waals surface area (Å²) in [7, 11) is -4.36. The molecule has 0 aliphatic carbocycles. The van der Waals surface area contributed by atoms with Crippen molar-refractivity contribution in [3.63, 3.8) is 0 Å². The van der Waals surface area contributed by atoms with Crippen molar-refractivity contribution in [1.82, 2.24) is 10.2 Å². The maximum Gasteiger partial charge on any atom is 0.264 e. The molecule has 7 nitrogen and oxygen atoms in total. The van der Waals surface area contributed by atoms with Gasteiger partial charge >= 0.3 is 0 Å². The van der Waals surface area contributed by atoms with Crippen LogP contribution in [-0.2, 0) is 32.6 Å². The Bertz CT molecular complexity index is 1630. The number of sulfonamides is 1. The van der Waals surface area contributed by atoms with E-state index in [1.807, 2.05) is 30.3 Å². The molecule has 43 heavy (non-hydrogen) atoms. The number of rotatable bonds is 12. The van der Waals surface area contributed by atoms with Crippen molar-refractivity contribution in [2.24, 2.45) is 0 Å². The van der Waals surface area contributed by atoms with E-state index in [-0.39, 0.29) is 35.2 Å². The van der Waals surface area contributed by atoms with Crippen molar-refractivity contribution in [3.05, 3.63) is 132 Å². The van der Waals surface area contributed by atoms with Gasteiger partial charge in [-0.15, -0.1) is 0 Å². The van der Waals surface area contributed by atoms with Gasteiger partial charge in [0, 0.05) is 24.6 Å². The van der Waals surface area contributed by atoms with E-state index >= 15 is 0 Å². The van der Waals surface area contributed by atoms with Gasteiger partial charge in [0.1, 0.15) is 24.2 Å². The molecule has 1 N–H and O–H groups in total. The summed E-state index contributed by atoms with van der Waals surface area (Å²) in [6.07, 6.45) is 0.107. The largest absolute Gasteiger partial charge is 0.352 e. The van der Waals surface area contributed by atoms with Crippen molar-refractivity contribution < 1.29 is 26.8 Å². The fraction of sp³-hybridized carbons (Fsp3) is 0.212. The standard InChI is InChI=1S/C33H33F2N3O4S/c1-24(2)36-33(40)31(21-25-11-5-3-6-12-25)37(22-26-13-9-10-16-30(26)35)32(39)23-38(28-14-7-4-8-15-28)43(41,42)29-19-17-27(34)18-20-29/h3-20,24,31H,21-23H2,1-2H3,(H,36,40). The second kappa shape index (κ2) is 14.1. The Hall–Kier alpha value is -4.57. The lowest BCUT2D eigenvalue weighted by Gasteiger charge is -2.34. The smallest absolute Gasteiger partial charge is 0.264 e. The van der Waals surface area contributed by atoms with Crippen LogP contribution in [0.5, 0.6) is 0 Å². The van der Waals surface area contributed by atoms with Crippen LogP contribution in [0.1, 0.15) is 25.0 Å². The molecule has 0 bridgehead atoms. The fourth-order valence-electron chi connectivity index (χ4n) is 4.60. The van der Waals surface area contributed by atoms with Gasteiger partial charge in [-0.05, 0) is 61.9 Å². The lowest BCUT2D eigenvalue weighted by Crippen LogP contribution is -2.54. The Balaban J connectivity index is 1.79. The number of carbonyl (C=O) groups excluding carboxylic acids is 2. The van der Waals surface area contributed by atoms with Gasteiger partial charge in [0.15, 0.2) is 0 Å². The van der Waals surface area contributed by atoms with Crippen LogP contribution in [0.4, 0.5) is 14.5 Å². The first kappa shape index (κ1) is 31.4. The van der Waals surface area contributed by atoms with Crippen molar-refractivity contribution in [1.29, 1.82) is 0 Å². The predicted molar refractivity (Wildman–Crippen MR) is 162 cm³/mol. The van der Waals surface area contributed by atoms with Gasteiger partial charge in [-0.25, -0.2) is 17.2 Å². The summed E-state index contributed by atoms with van der Waals surface area (Å²) in [4.78, 5) is 28.9. The van der Waals surface area contributed by atoms with Gasteiger partial charge < -0.3 is 10.2 Å². The molecule has 1 unspecified atom stereocenters. The fourth-order valence-corrected chi connectivity index (χ4v) is 6.02. The van der Waals surface area contributed by atoms with Crippen molar-refractivity contribution in [3.8, 4) is 0 Å². The third kappa shape index (κ3) is 8.04. The Morgan fingerprint density at radius 3 is 1.98 bits per heavy atom. The molecule has 224 valence electrons. The maximum atomic E-state index is 14.9. The quantitative estimate of drug-likeness (QED) is 0.237. The second-order valence-electron chi connectivity index (χ2n) is 10.3. The first-order valence-electron chi connectivity index (χ1n) is 13.8. The predicted octanol–water partition coefficient (Wildman–Crippen LogP) is 5.32. The molecule has 0 saturated heterocycles. The molecule has 2 amide bonds. The van der Waals surface area contributed by atoms with Crippen LogP contribution in [0.3, 0.4) is 0 Å². The molecular weight excluding hydrogens is 572 g/mol. The summed E-state index contributed by atoms with van der Waals surface area (Å²) in [6.45, 7) is 2.59. The average molecular weight is 606 g/mol. The molecule has 0 aliphatic rings. The highest BCUT2D eigenvalue weighted by atomic mass is 32.2. The maximum absolute atomic E-state index is 14.9. The van der Waals surface area contributed by atoms with E-state index in [1.165, 1.54) is 35.2 Å². The van der Waals surface area contributed by atoms with Crippen LogP contribution in [0.2, 0.25) is 0 Å². The first-order valence-corrected chi connectivity index (χ1v) is 15.2. The first-order chi connectivity index (χ1) is 20.6. The molecule has 0 spiro atoms. The van der Waals surface area contributed by atoms with E-state index in [1.54, 1.807) is 38.1 Å². The lowest BCUT2D eigenvalue weighted by atomic mass is 10.0. The summed E-state index contributed by atoms with van der Waals surface area (Å²) >= 11 is 0. The number of amides is 2. The third-order valence-corrected chi connectivity index (χ3v) is 8.51. The summed E-state index contributed by atoms with van der Waals surface area (Å²) in [5.41, 5.74) is 1.12. The van der Waals surface area contributed by atoms with E-state index in [9.17, 15) is 26.8 Å². The van der Waals surface area contributed by atoms with Crippen LogP contribution in [0.15, 0.2) is 114 Å². The number of hydrogen-bond acceptors (Lipinski definition) is 4. The summed E-state index contributed by atoms with van der Waals surface area (Å²) in [5, 5.41) is 2.85.